The van der Waals surface area contributed by atoms with E-state index >= 15 is 0 Å². The van der Waals surface area contributed by atoms with Crippen LogP contribution in [0.2, 0.25) is 5.02 Å². The second-order valence-electron chi connectivity index (χ2n) is 8.95. The Labute approximate surface area is 211 Å². The second kappa shape index (κ2) is 10.0. The molecule has 2 amide bonds. The molecule has 1 atom stereocenters. The number of carbonyl (C=O) groups excluding carboxylic acids is 2. The highest BCUT2D eigenvalue weighted by molar-refractivity contribution is 7.10. The number of halogens is 1. The summed E-state index contributed by atoms with van der Waals surface area (Å²) in [5.74, 6) is 0.738. The van der Waals surface area contributed by atoms with E-state index in [1.807, 2.05) is 45.2 Å². The van der Waals surface area contributed by atoms with Crippen molar-refractivity contribution >= 4 is 40.4 Å². The van der Waals surface area contributed by atoms with E-state index < -0.39 is 17.5 Å². The van der Waals surface area contributed by atoms with Gasteiger partial charge in [-0.05, 0) is 80.8 Å². The number of aryl methyl sites for hydroxylation is 1. The lowest BCUT2D eigenvalue weighted by Gasteiger charge is -2.33. The van der Waals surface area contributed by atoms with Gasteiger partial charge >= 0.3 is 0 Å². The molecule has 0 fully saturated rings. The first kappa shape index (κ1) is 24.6. The molecule has 0 saturated carbocycles. The van der Waals surface area contributed by atoms with Crippen LogP contribution in [0.25, 0.3) is 11.6 Å². The molecule has 0 radical (unpaired) electrons. The molecule has 0 unspecified atom stereocenters. The number of nitrogens with zero attached hydrogens (tertiary/aromatic N) is 5. The number of tetrazole rings is 1. The van der Waals surface area contributed by atoms with Gasteiger partial charge in [0.25, 0.3) is 5.91 Å². The van der Waals surface area contributed by atoms with Gasteiger partial charge in [-0.3, -0.25) is 14.5 Å². The molecular weight excluding hydrogens is 488 g/mol. The molecule has 9 nitrogen and oxygen atoms in total. The Morgan fingerprint density at radius 2 is 1.91 bits per heavy atom. The van der Waals surface area contributed by atoms with Crippen LogP contribution in [0.4, 0.5) is 5.69 Å². The van der Waals surface area contributed by atoms with E-state index in [-0.39, 0.29) is 18.3 Å². The lowest BCUT2D eigenvalue weighted by atomic mass is 10.1. The summed E-state index contributed by atoms with van der Waals surface area (Å²) in [6, 6.07) is 13.1. The predicted octanol–water partition coefficient (Wildman–Crippen LogP) is 4.65. The van der Waals surface area contributed by atoms with Crippen molar-refractivity contribution in [2.45, 2.75) is 45.8 Å². The van der Waals surface area contributed by atoms with Gasteiger partial charge in [-0.1, -0.05) is 17.7 Å². The number of hydrogen-bond acceptors (Lipinski definition) is 7. The van der Waals surface area contributed by atoms with Crippen molar-refractivity contribution in [3.63, 3.8) is 0 Å². The molecule has 11 heteroatoms. The third-order valence-electron chi connectivity index (χ3n) is 4.88. The third-order valence-corrected chi connectivity index (χ3v) is 6.06. The molecule has 0 aliphatic carbocycles. The van der Waals surface area contributed by atoms with Crippen molar-refractivity contribution in [1.29, 1.82) is 0 Å². The third kappa shape index (κ3) is 5.95. The SMILES string of the molecule is Cc1ccc(-c2nnn(CC(=O)N(c3ccc(Cl)cc3)[C@H](C(=O)NC(C)(C)C)c3cccs3)n2)o1. The molecule has 1 N–H and O–H groups in total. The lowest BCUT2D eigenvalue weighted by molar-refractivity contribution is -0.128. The Balaban J connectivity index is 1.70. The van der Waals surface area contributed by atoms with Crippen LogP contribution in [0, 0.1) is 6.92 Å². The molecule has 0 aliphatic rings. The van der Waals surface area contributed by atoms with Gasteiger partial charge in [0.2, 0.25) is 11.7 Å². The number of anilines is 1. The molecule has 35 heavy (non-hydrogen) atoms. The van der Waals surface area contributed by atoms with Crippen LogP contribution in [-0.4, -0.2) is 37.6 Å². The quantitative estimate of drug-likeness (QED) is 0.386. The first-order valence-corrected chi connectivity index (χ1v) is 12.1. The smallest absolute Gasteiger partial charge is 0.251 e. The summed E-state index contributed by atoms with van der Waals surface area (Å²) in [6.07, 6.45) is 0. The van der Waals surface area contributed by atoms with E-state index in [1.165, 1.54) is 21.0 Å². The Bertz CT molecular complexity index is 1310. The number of benzene rings is 1. The van der Waals surface area contributed by atoms with Crippen LogP contribution in [0.3, 0.4) is 0 Å². The zero-order valence-electron chi connectivity index (χ0n) is 19.7. The number of amides is 2. The van der Waals surface area contributed by atoms with E-state index in [0.717, 1.165) is 0 Å². The molecule has 0 aliphatic heterocycles. The summed E-state index contributed by atoms with van der Waals surface area (Å²) < 4.78 is 5.54. The minimum absolute atomic E-state index is 0.236. The maximum atomic E-state index is 13.7. The Kier molecular flexibility index (Phi) is 7.04. The number of aromatic nitrogens is 4. The second-order valence-corrected chi connectivity index (χ2v) is 10.4. The van der Waals surface area contributed by atoms with E-state index in [2.05, 4.69) is 20.7 Å². The standard InChI is InChI=1S/C24H25ClN6O3S/c1-15-7-12-18(34-15)22-27-29-30(28-22)14-20(32)31(17-10-8-16(25)9-11-17)21(19-6-5-13-35-19)23(33)26-24(2,3)4/h5-13,21H,14H2,1-4H3,(H,26,33)/t21-/m0/s1. The fraction of sp³-hybridized carbons (Fsp3) is 0.292. The Morgan fingerprint density at radius 1 is 1.17 bits per heavy atom. The van der Waals surface area contributed by atoms with Crippen LogP contribution in [-0.2, 0) is 16.1 Å². The van der Waals surface area contributed by atoms with Crippen LogP contribution in [0.1, 0.15) is 37.5 Å². The van der Waals surface area contributed by atoms with Crippen molar-refractivity contribution in [2.75, 3.05) is 4.90 Å². The molecule has 4 aromatic rings. The van der Waals surface area contributed by atoms with Crippen molar-refractivity contribution in [3.05, 3.63) is 69.6 Å². The highest BCUT2D eigenvalue weighted by Crippen LogP contribution is 2.32. The normalized spacial score (nSPS) is 12.4. The minimum Gasteiger partial charge on any atom is -0.458 e. The summed E-state index contributed by atoms with van der Waals surface area (Å²) in [6.45, 7) is 7.25. The van der Waals surface area contributed by atoms with Gasteiger partial charge in [0, 0.05) is 21.1 Å². The van der Waals surface area contributed by atoms with Crippen LogP contribution < -0.4 is 10.2 Å². The summed E-state index contributed by atoms with van der Waals surface area (Å²) >= 11 is 7.49. The van der Waals surface area contributed by atoms with Crippen molar-refractivity contribution < 1.29 is 14.0 Å². The summed E-state index contributed by atoms with van der Waals surface area (Å²) in [4.78, 5) is 30.6. The molecule has 4 rings (SSSR count). The number of carbonyl (C=O) groups is 2. The summed E-state index contributed by atoms with van der Waals surface area (Å²) in [7, 11) is 0. The van der Waals surface area contributed by atoms with Gasteiger partial charge in [0.05, 0.1) is 0 Å². The number of furan rings is 1. The van der Waals surface area contributed by atoms with E-state index in [1.54, 1.807) is 36.4 Å². The number of nitrogens with one attached hydrogen (secondary N) is 1. The van der Waals surface area contributed by atoms with Gasteiger partial charge in [0.15, 0.2) is 5.76 Å². The van der Waals surface area contributed by atoms with E-state index in [9.17, 15) is 9.59 Å². The minimum atomic E-state index is -0.904. The van der Waals surface area contributed by atoms with Gasteiger partial charge < -0.3 is 9.73 Å². The molecule has 1 aromatic carbocycles. The number of thiophene rings is 1. The Hall–Kier alpha value is -3.50. The average molecular weight is 513 g/mol. The van der Waals surface area contributed by atoms with Crippen molar-refractivity contribution in [2.24, 2.45) is 0 Å². The van der Waals surface area contributed by atoms with Crippen molar-refractivity contribution in [3.8, 4) is 11.6 Å². The lowest BCUT2D eigenvalue weighted by Crippen LogP contribution is -2.50. The fourth-order valence-corrected chi connectivity index (χ4v) is 4.40. The van der Waals surface area contributed by atoms with Gasteiger partial charge in [-0.25, -0.2) is 0 Å². The molecule has 0 spiro atoms. The average Bonchev–Trinajstić information content (AvgIpc) is 3.53. The largest absolute Gasteiger partial charge is 0.458 e. The van der Waals surface area contributed by atoms with Gasteiger partial charge in [0.1, 0.15) is 18.3 Å². The number of hydrogen-bond donors (Lipinski definition) is 1. The molecule has 0 saturated heterocycles. The monoisotopic (exact) mass is 512 g/mol. The van der Waals surface area contributed by atoms with Crippen molar-refractivity contribution in [1.82, 2.24) is 25.5 Å². The zero-order valence-corrected chi connectivity index (χ0v) is 21.3. The zero-order chi connectivity index (χ0) is 25.2. The molecule has 182 valence electrons. The molecule has 3 heterocycles. The summed E-state index contributed by atoms with van der Waals surface area (Å²) in [5.41, 5.74) is 0.0223. The topological polar surface area (TPSA) is 106 Å². The molecule has 3 aromatic heterocycles. The van der Waals surface area contributed by atoms with E-state index in [0.29, 0.717) is 27.1 Å². The van der Waals surface area contributed by atoms with Gasteiger partial charge in [-0.15, -0.1) is 21.5 Å². The van der Waals surface area contributed by atoms with E-state index in [4.69, 9.17) is 16.0 Å². The van der Waals surface area contributed by atoms with Crippen LogP contribution in [0.15, 0.2) is 58.3 Å². The fourth-order valence-electron chi connectivity index (χ4n) is 3.46. The maximum Gasteiger partial charge on any atom is 0.251 e. The maximum absolute atomic E-state index is 13.7. The van der Waals surface area contributed by atoms with Crippen LogP contribution >= 0.6 is 22.9 Å². The number of rotatable bonds is 7. The summed E-state index contributed by atoms with van der Waals surface area (Å²) in [5, 5.41) is 17.7. The first-order valence-electron chi connectivity index (χ1n) is 10.9. The molecular formula is C24H25ClN6O3S. The first-order chi connectivity index (χ1) is 16.6. The Morgan fingerprint density at radius 3 is 2.51 bits per heavy atom. The predicted molar refractivity (Wildman–Crippen MR) is 134 cm³/mol. The highest BCUT2D eigenvalue weighted by Gasteiger charge is 2.35. The highest BCUT2D eigenvalue weighted by atomic mass is 35.5. The van der Waals surface area contributed by atoms with Crippen LogP contribution in [0.5, 0.6) is 0 Å². The van der Waals surface area contributed by atoms with Gasteiger partial charge in [-0.2, -0.15) is 4.80 Å². The molecule has 0 bridgehead atoms.